The van der Waals surface area contributed by atoms with Gasteiger partial charge in [0.1, 0.15) is 11.5 Å². The molecule has 6 nitrogen and oxygen atoms in total. The number of hydrogen-bond acceptors (Lipinski definition) is 4. The molecule has 0 bridgehead atoms. The van der Waals surface area contributed by atoms with Gasteiger partial charge in [-0.2, -0.15) is 0 Å². The minimum atomic E-state index is -0.360. The van der Waals surface area contributed by atoms with Crippen LogP contribution in [0.1, 0.15) is 0 Å². The highest BCUT2D eigenvalue weighted by atomic mass is 32.1. The maximum atomic E-state index is 11.6. The molecule has 90 valence electrons. The van der Waals surface area contributed by atoms with Crippen LogP contribution in [0.15, 0.2) is 23.0 Å². The maximum absolute atomic E-state index is 11.6. The fourth-order valence-corrected chi connectivity index (χ4v) is 1.73. The van der Waals surface area contributed by atoms with Gasteiger partial charge in [0.2, 0.25) is 4.77 Å². The monoisotopic (exact) mass is 253 g/mol. The number of rotatable bonds is 3. The maximum Gasteiger partial charge on any atom is 0.347 e. The molecule has 7 heteroatoms. The first-order valence-electron chi connectivity index (χ1n) is 4.79. The number of aromatic amines is 2. The molecule has 0 saturated carbocycles. The van der Waals surface area contributed by atoms with Crippen molar-refractivity contribution in [2.24, 2.45) is 0 Å². The van der Waals surface area contributed by atoms with Gasteiger partial charge in [-0.05, 0) is 24.4 Å². The van der Waals surface area contributed by atoms with E-state index in [2.05, 4.69) is 10.2 Å². The van der Waals surface area contributed by atoms with Gasteiger partial charge in [-0.3, -0.25) is 5.10 Å². The molecule has 0 amide bonds. The normalized spacial score (nSPS) is 10.2. The Hall–Kier alpha value is -2.02. The second kappa shape index (κ2) is 4.46. The second-order valence-electron chi connectivity index (χ2n) is 3.23. The van der Waals surface area contributed by atoms with E-state index >= 15 is 0 Å². The van der Waals surface area contributed by atoms with Gasteiger partial charge < -0.3 is 9.47 Å². The number of hydrogen-bond donors (Lipinski definition) is 2. The molecule has 0 fully saturated rings. The molecular formula is C10H11N3O3S. The average Bonchev–Trinajstić information content (AvgIpc) is 2.68. The first kappa shape index (κ1) is 11.5. The summed E-state index contributed by atoms with van der Waals surface area (Å²) >= 11 is 5.02. The smallest absolute Gasteiger partial charge is 0.347 e. The third-order valence-corrected chi connectivity index (χ3v) is 2.59. The SMILES string of the molecule is COc1ccc(OC)c(-n2c(=O)[nH][nH]c2=S)c1. The Morgan fingerprint density at radius 3 is 2.53 bits per heavy atom. The van der Waals surface area contributed by atoms with Crippen molar-refractivity contribution in [1.29, 1.82) is 0 Å². The molecule has 0 atom stereocenters. The van der Waals surface area contributed by atoms with Crippen molar-refractivity contribution in [3.63, 3.8) is 0 Å². The van der Waals surface area contributed by atoms with Crippen LogP contribution in [0.4, 0.5) is 0 Å². The summed E-state index contributed by atoms with van der Waals surface area (Å²) in [5.41, 5.74) is 0.168. The molecule has 2 N–H and O–H groups in total. The molecule has 2 rings (SSSR count). The van der Waals surface area contributed by atoms with Crippen LogP contribution in [-0.2, 0) is 0 Å². The van der Waals surface area contributed by atoms with Crippen molar-refractivity contribution in [3.8, 4) is 17.2 Å². The largest absolute Gasteiger partial charge is 0.497 e. The Balaban J connectivity index is 2.73. The topological polar surface area (TPSA) is 72.0 Å². The number of ether oxygens (including phenoxy) is 2. The van der Waals surface area contributed by atoms with E-state index in [1.54, 1.807) is 25.3 Å². The van der Waals surface area contributed by atoms with Crippen LogP contribution < -0.4 is 15.2 Å². The highest BCUT2D eigenvalue weighted by Crippen LogP contribution is 2.26. The van der Waals surface area contributed by atoms with E-state index < -0.39 is 0 Å². The van der Waals surface area contributed by atoms with E-state index in [0.29, 0.717) is 17.2 Å². The summed E-state index contributed by atoms with van der Waals surface area (Å²) in [5.74, 6) is 1.15. The molecule has 17 heavy (non-hydrogen) atoms. The summed E-state index contributed by atoms with van der Waals surface area (Å²) in [4.78, 5) is 11.6. The summed E-state index contributed by atoms with van der Waals surface area (Å²) in [6.07, 6.45) is 0. The van der Waals surface area contributed by atoms with Gasteiger partial charge in [-0.15, -0.1) is 0 Å². The van der Waals surface area contributed by atoms with Gasteiger partial charge in [0.05, 0.1) is 19.9 Å². The van der Waals surface area contributed by atoms with Crippen molar-refractivity contribution in [2.45, 2.75) is 0 Å². The number of methoxy groups -OCH3 is 2. The van der Waals surface area contributed by atoms with Crippen LogP contribution in [-0.4, -0.2) is 29.0 Å². The zero-order valence-electron chi connectivity index (χ0n) is 9.31. The lowest BCUT2D eigenvalue weighted by atomic mass is 10.2. The number of benzene rings is 1. The lowest BCUT2D eigenvalue weighted by Gasteiger charge is -2.09. The van der Waals surface area contributed by atoms with Crippen LogP contribution in [0, 0.1) is 4.77 Å². The summed E-state index contributed by atoms with van der Waals surface area (Å²) in [5, 5.41) is 4.97. The molecule has 1 heterocycles. The van der Waals surface area contributed by atoms with Crippen LogP contribution in [0.2, 0.25) is 0 Å². The van der Waals surface area contributed by atoms with Crippen molar-refractivity contribution in [1.82, 2.24) is 14.8 Å². The van der Waals surface area contributed by atoms with E-state index in [0.717, 1.165) is 0 Å². The lowest BCUT2D eigenvalue weighted by Crippen LogP contribution is -2.15. The Morgan fingerprint density at radius 1 is 1.24 bits per heavy atom. The highest BCUT2D eigenvalue weighted by Gasteiger charge is 2.11. The molecule has 0 aliphatic carbocycles. The third kappa shape index (κ3) is 1.96. The predicted molar refractivity (Wildman–Crippen MR) is 64.7 cm³/mol. The van der Waals surface area contributed by atoms with Gasteiger partial charge in [0.25, 0.3) is 0 Å². The quantitative estimate of drug-likeness (QED) is 0.807. The molecule has 1 aromatic carbocycles. The minimum Gasteiger partial charge on any atom is -0.497 e. The highest BCUT2D eigenvalue weighted by molar-refractivity contribution is 7.71. The van der Waals surface area contributed by atoms with E-state index in [1.807, 2.05) is 0 Å². The fraction of sp³-hybridized carbons (Fsp3) is 0.200. The number of aromatic nitrogens is 3. The minimum absolute atomic E-state index is 0.265. The number of nitrogens with one attached hydrogen (secondary N) is 2. The fourth-order valence-electron chi connectivity index (χ4n) is 1.50. The van der Waals surface area contributed by atoms with Gasteiger partial charge in [-0.25, -0.2) is 14.5 Å². The Kier molecular flexibility index (Phi) is 3.01. The van der Waals surface area contributed by atoms with E-state index in [4.69, 9.17) is 21.7 Å². The molecule has 0 radical (unpaired) electrons. The van der Waals surface area contributed by atoms with Crippen LogP contribution in [0.25, 0.3) is 5.69 Å². The van der Waals surface area contributed by atoms with Crippen molar-refractivity contribution >= 4 is 12.2 Å². The molecule has 0 spiro atoms. The summed E-state index contributed by atoms with van der Waals surface area (Å²) in [6.45, 7) is 0. The van der Waals surface area contributed by atoms with Crippen molar-refractivity contribution in [2.75, 3.05) is 14.2 Å². The van der Waals surface area contributed by atoms with Gasteiger partial charge in [0.15, 0.2) is 0 Å². The summed E-state index contributed by atoms with van der Waals surface area (Å²) in [6, 6.07) is 5.13. The Labute approximate surface area is 102 Å². The standard InChI is InChI=1S/C10H11N3O3S/c1-15-6-3-4-8(16-2)7(5-6)13-9(14)11-12-10(13)17/h3-5H,1-2H3,(H,11,14)(H,12,17). The predicted octanol–water partition coefficient (Wildman–Crippen LogP) is 1.24. The molecule has 2 aromatic rings. The van der Waals surface area contributed by atoms with E-state index in [1.165, 1.54) is 11.7 Å². The van der Waals surface area contributed by atoms with Gasteiger partial charge in [0, 0.05) is 6.07 Å². The average molecular weight is 253 g/mol. The summed E-state index contributed by atoms with van der Waals surface area (Å²) < 4.78 is 11.9. The molecule has 0 unspecified atom stereocenters. The van der Waals surface area contributed by atoms with Crippen LogP contribution >= 0.6 is 12.2 Å². The van der Waals surface area contributed by atoms with Gasteiger partial charge >= 0.3 is 5.69 Å². The molecule has 1 aromatic heterocycles. The molecular weight excluding hydrogens is 242 g/mol. The van der Waals surface area contributed by atoms with Crippen LogP contribution in [0.3, 0.4) is 0 Å². The molecule has 0 aliphatic rings. The van der Waals surface area contributed by atoms with Crippen molar-refractivity contribution < 1.29 is 9.47 Å². The number of nitrogens with zero attached hydrogens (tertiary/aromatic N) is 1. The molecule has 0 aliphatic heterocycles. The number of H-pyrrole nitrogens is 2. The van der Waals surface area contributed by atoms with Crippen LogP contribution in [0.5, 0.6) is 11.5 Å². The Bertz CT molecular complexity index is 613. The van der Waals surface area contributed by atoms with Crippen molar-refractivity contribution in [3.05, 3.63) is 33.5 Å². The molecule has 0 saturated heterocycles. The zero-order chi connectivity index (χ0) is 12.4. The van der Waals surface area contributed by atoms with E-state index in [9.17, 15) is 4.79 Å². The second-order valence-corrected chi connectivity index (χ2v) is 3.62. The third-order valence-electron chi connectivity index (χ3n) is 2.31. The summed E-state index contributed by atoms with van der Waals surface area (Å²) in [7, 11) is 3.07. The Morgan fingerprint density at radius 2 is 2.00 bits per heavy atom. The first-order valence-corrected chi connectivity index (χ1v) is 5.20. The van der Waals surface area contributed by atoms with Gasteiger partial charge in [-0.1, -0.05) is 0 Å². The first-order chi connectivity index (χ1) is 8.17. The lowest BCUT2D eigenvalue weighted by molar-refractivity contribution is 0.401. The van der Waals surface area contributed by atoms with E-state index in [-0.39, 0.29) is 10.5 Å². The zero-order valence-corrected chi connectivity index (χ0v) is 10.1.